The third-order valence-electron chi connectivity index (χ3n) is 0.539. The van der Waals surface area contributed by atoms with Crippen molar-refractivity contribution in [3.63, 3.8) is 0 Å². The van der Waals surface area contributed by atoms with E-state index in [1.165, 1.54) is 0 Å². The minimum Gasteiger partial charge on any atom is -0.282 e. The van der Waals surface area contributed by atoms with Crippen molar-refractivity contribution in [1.82, 2.24) is 0 Å². The quantitative estimate of drug-likeness (QED) is 0.621. The minimum atomic E-state index is -1.56. The van der Waals surface area contributed by atoms with Crippen LogP contribution in [0.3, 0.4) is 0 Å². The van der Waals surface area contributed by atoms with Gasteiger partial charge >= 0.3 is 0 Å². The number of hydrogen-bond donors (Lipinski definition) is 0. The molecule has 0 spiro atoms. The van der Waals surface area contributed by atoms with E-state index < -0.39 is 20.2 Å². The second kappa shape index (κ2) is 7.23. The van der Waals surface area contributed by atoms with Crippen LogP contribution in [0.4, 0.5) is 0 Å². The number of rotatable bonds is 6. The van der Waals surface area contributed by atoms with Gasteiger partial charge in [0.15, 0.2) is 0 Å². The molecule has 0 aromatic heterocycles. The van der Waals surface area contributed by atoms with E-state index in [1.807, 2.05) is 0 Å². The maximum atomic E-state index is 10.7. The SMILES string of the molecule is CCOS(=O)SS(=O)OCC. The molecule has 7 heteroatoms. The maximum Gasteiger partial charge on any atom is 0.234 e. The second-order valence-corrected chi connectivity index (χ2v) is 5.98. The molecule has 0 aromatic carbocycles. The standard InChI is InChI=1S/C4H10O4S3/c1-3-7-10(5)9-11(6)8-4-2/h3-4H2,1-2H3. The van der Waals surface area contributed by atoms with Crippen molar-refractivity contribution >= 4 is 30.1 Å². The second-order valence-electron chi connectivity index (χ2n) is 1.29. The lowest BCUT2D eigenvalue weighted by Crippen LogP contribution is -1.96. The summed E-state index contributed by atoms with van der Waals surface area (Å²) in [6, 6.07) is 0. The van der Waals surface area contributed by atoms with Gasteiger partial charge < -0.3 is 0 Å². The van der Waals surface area contributed by atoms with Crippen LogP contribution < -0.4 is 0 Å². The molecular formula is C4H10O4S3. The van der Waals surface area contributed by atoms with E-state index in [2.05, 4.69) is 8.37 Å². The van der Waals surface area contributed by atoms with Crippen LogP contribution in [0.2, 0.25) is 0 Å². The molecule has 0 aromatic rings. The van der Waals surface area contributed by atoms with E-state index in [0.717, 1.165) is 0 Å². The molecule has 0 fully saturated rings. The Hall–Kier alpha value is 0.570. The number of hydrogen-bond acceptors (Lipinski definition) is 5. The van der Waals surface area contributed by atoms with Crippen LogP contribution in [0, 0.1) is 0 Å². The van der Waals surface area contributed by atoms with Crippen LogP contribution in [0.25, 0.3) is 0 Å². The van der Waals surface area contributed by atoms with Gasteiger partial charge in [-0.2, -0.15) is 0 Å². The van der Waals surface area contributed by atoms with Gasteiger partial charge in [-0.05, 0) is 13.8 Å². The molecule has 4 nitrogen and oxygen atoms in total. The van der Waals surface area contributed by atoms with E-state index in [4.69, 9.17) is 0 Å². The Morgan fingerprint density at radius 1 is 1.09 bits per heavy atom. The molecule has 2 unspecified atom stereocenters. The lowest BCUT2D eigenvalue weighted by molar-refractivity contribution is 0.378. The zero-order valence-electron chi connectivity index (χ0n) is 6.27. The molecule has 0 N–H and O–H groups in total. The first kappa shape index (κ1) is 11.6. The molecule has 0 aliphatic rings. The van der Waals surface area contributed by atoms with Gasteiger partial charge in [-0.3, -0.25) is 8.37 Å². The van der Waals surface area contributed by atoms with Crippen molar-refractivity contribution in [3.05, 3.63) is 0 Å². The first-order valence-electron chi connectivity index (χ1n) is 2.99. The molecule has 2 atom stereocenters. The molecule has 0 rings (SSSR count). The Labute approximate surface area is 74.2 Å². The molecule has 0 amide bonds. The highest BCUT2D eigenvalue weighted by molar-refractivity contribution is 8.99. The molecule has 0 heterocycles. The van der Waals surface area contributed by atoms with Gasteiger partial charge in [-0.25, -0.2) is 8.42 Å². The van der Waals surface area contributed by atoms with Crippen LogP contribution in [0.15, 0.2) is 0 Å². The normalized spacial score (nSPS) is 16.2. The van der Waals surface area contributed by atoms with Crippen LogP contribution in [-0.4, -0.2) is 21.6 Å². The van der Waals surface area contributed by atoms with E-state index in [0.29, 0.717) is 23.0 Å². The molecule has 0 aliphatic carbocycles. The van der Waals surface area contributed by atoms with Crippen LogP contribution in [0.1, 0.15) is 13.8 Å². The highest BCUT2D eigenvalue weighted by Crippen LogP contribution is 2.14. The van der Waals surface area contributed by atoms with Crippen molar-refractivity contribution in [3.8, 4) is 0 Å². The van der Waals surface area contributed by atoms with E-state index >= 15 is 0 Å². The Balaban J connectivity index is 3.49. The summed E-state index contributed by atoms with van der Waals surface area (Å²) in [5.41, 5.74) is 0. The minimum absolute atomic E-state index is 0.336. The molecule has 11 heavy (non-hydrogen) atoms. The summed E-state index contributed by atoms with van der Waals surface area (Å²) in [6.45, 7) is 4.09. The van der Waals surface area contributed by atoms with E-state index in [1.54, 1.807) is 13.8 Å². The molecular weight excluding hydrogens is 208 g/mol. The van der Waals surface area contributed by atoms with Crippen molar-refractivity contribution in [2.45, 2.75) is 13.8 Å². The Bertz CT molecular complexity index is 132. The summed E-state index contributed by atoms with van der Waals surface area (Å²) in [6.07, 6.45) is 0. The molecule has 0 saturated heterocycles. The zero-order chi connectivity index (χ0) is 8.69. The lowest BCUT2D eigenvalue weighted by atomic mass is 10.9. The monoisotopic (exact) mass is 218 g/mol. The fraction of sp³-hybridized carbons (Fsp3) is 1.00. The predicted octanol–water partition coefficient (Wildman–Crippen LogP) is 0.950. The fourth-order valence-electron chi connectivity index (χ4n) is 0.277. The first-order chi connectivity index (χ1) is 5.20. The summed E-state index contributed by atoms with van der Waals surface area (Å²) >= 11 is 0. The Kier molecular flexibility index (Phi) is 7.61. The summed E-state index contributed by atoms with van der Waals surface area (Å²) < 4.78 is 30.7. The van der Waals surface area contributed by atoms with Crippen molar-refractivity contribution < 1.29 is 16.8 Å². The van der Waals surface area contributed by atoms with Crippen LogP contribution in [-0.2, 0) is 28.6 Å². The Morgan fingerprint density at radius 3 is 1.73 bits per heavy atom. The lowest BCUT2D eigenvalue weighted by Gasteiger charge is -1.98. The highest BCUT2D eigenvalue weighted by atomic mass is 33.5. The Morgan fingerprint density at radius 2 is 1.45 bits per heavy atom. The summed E-state index contributed by atoms with van der Waals surface area (Å²) in [5.74, 6) is 0. The summed E-state index contributed by atoms with van der Waals surface area (Å²) in [4.78, 5) is 0. The molecule has 68 valence electrons. The highest BCUT2D eigenvalue weighted by Gasteiger charge is 2.07. The topological polar surface area (TPSA) is 52.6 Å². The van der Waals surface area contributed by atoms with Gasteiger partial charge in [-0.1, -0.05) is 0 Å². The van der Waals surface area contributed by atoms with Gasteiger partial charge in [0.25, 0.3) is 0 Å². The molecule has 0 saturated carbocycles. The van der Waals surface area contributed by atoms with Gasteiger partial charge in [-0.15, -0.1) is 0 Å². The maximum absolute atomic E-state index is 10.7. The summed E-state index contributed by atoms with van der Waals surface area (Å²) in [7, 11) is -2.47. The molecule has 0 aliphatic heterocycles. The van der Waals surface area contributed by atoms with Crippen LogP contribution >= 0.6 is 9.83 Å². The smallest absolute Gasteiger partial charge is 0.234 e. The van der Waals surface area contributed by atoms with Gasteiger partial charge in [0.05, 0.1) is 23.0 Å². The largest absolute Gasteiger partial charge is 0.282 e. The molecule has 0 radical (unpaired) electrons. The first-order valence-corrected chi connectivity index (χ1v) is 6.99. The third-order valence-corrected chi connectivity index (χ3v) is 4.86. The van der Waals surface area contributed by atoms with Gasteiger partial charge in [0.1, 0.15) is 0 Å². The average molecular weight is 218 g/mol. The summed E-state index contributed by atoms with van der Waals surface area (Å²) in [5, 5.41) is 0. The van der Waals surface area contributed by atoms with Crippen LogP contribution in [0.5, 0.6) is 0 Å². The van der Waals surface area contributed by atoms with Gasteiger partial charge in [0, 0.05) is 0 Å². The van der Waals surface area contributed by atoms with E-state index in [-0.39, 0.29) is 0 Å². The third kappa shape index (κ3) is 6.95. The van der Waals surface area contributed by atoms with Crippen molar-refractivity contribution in [2.75, 3.05) is 13.2 Å². The zero-order valence-corrected chi connectivity index (χ0v) is 8.72. The predicted molar refractivity (Wildman–Crippen MR) is 47.1 cm³/mol. The average Bonchev–Trinajstić information content (AvgIpc) is 1.87. The molecule has 0 bridgehead atoms. The van der Waals surface area contributed by atoms with Gasteiger partial charge in [0.2, 0.25) is 20.2 Å². The van der Waals surface area contributed by atoms with E-state index in [9.17, 15) is 8.42 Å². The van der Waals surface area contributed by atoms with Crippen molar-refractivity contribution in [1.29, 1.82) is 0 Å². The fourth-order valence-corrected chi connectivity index (χ4v) is 3.44. The van der Waals surface area contributed by atoms with Crippen molar-refractivity contribution in [2.24, 2.45) is 0 Å².